The van der Waals surface area contributed by atoms with Gasteiger partial charge in [-0.3, -0.25) is 9.59 Å². The Morgan fingerprint density at radius 1 is 1.22 bits per heavy atom. The van der Waals surface area contributed by atoms with E-state index in [1.807, 2.05) is 0 Å². The first-order chi connectivity index (χ1) is 16.9. The Morgan fingerprint density at radius 2 is 1.89 bits per heavy atom. The Kier molecular flexibility index (Phi) is 6.78. The van der Waals surface area contributed by atoms with Crippen molar-refractivity contribution in [1.29, 1.82) is 5.26 Å². The predicted octanol–water partition coefficient (Wildman–Crippen LogP) is 1.48. The number of anilines is 2. The fourth-order valence-corrected chi connectivity index (χ4v) is 5.23. The van der Waals surface area contributed by atoms with E-state index in [-0.39, 0.29) is 41.0 Å². The van der Waals surface area contributed by atoms with Crippen LogP contribution in [0, 0.1) is 24.2 Å². The maximum atomic E-state index is 13.4. The normalized spacial score (nSPS) is 15.2. The van der Waals surface area contributed by atoms with Crippen LogP contribution in [0.3, 0.4) is 0 Å². The van der Waals surface area contributed by atoms with E-state index in [1.165, 1.54) is 33.6 Å². The molecule has 0 aliphatic carbocycles. The van der Waals surface area contributed by atoms with Crippen LogP contribution in [-0.4, -0.2) is 64.6 Å². The summed E-state index contributed by atoms with van der Waals surface area (Å²) in [6.07, 6.45) is 10.3. The van der Waals surface area contributed by atoms with Crippen molar-refractivity contribution in [2.75, 3.05) is 30.0 Å². The first-order valence-corrected chi connectivity index (χ1v) is 12.6. The number of carbonyl (C=O) groups is 2. The summed E-state index contributed by atoms with van der Waals surface area (Å²) in [6, 6.07) is 8.24. The fraction of sp³-hybridized carbons (Fsp3) is 0.292. The maximum absolute atomic E-state index is 13.4. The third-order valence-electron chi connectivity index (χ3n) is 6.02. The Hall–Kier alpha value is -4.42. The van der Waals surface area contributed by atoms with E-state index in [0.29, 0.717) is 16.8 Å². The lowest BCUT2D eigenvalue weighted by molar-refractivity contribution is -0.145. The monoisotopic (exact) mass is 507 g/mol. The minimum absolute atomic E-state index is 0.0211. The Balaban J connectivity index is 0.00000176. The molecule has 3 heterocycles. The van der Waals surface area contributed by atoms with Gasteiger partial charge in [-0.1, -0.05) is 6.07 Å². The zero-order valence-corrected chi connectivity index (χ0v) is 21.1. The molecule has 2 N–H and O–H groups in total. The van der Waals surface area contributed by atoms with Crippen LogP contribution in [0.1, 0.15) is 26.3 Å². The molecule has 36 heavy (non-hydrogen) atoms. The first-order valence-electron chi connectivity index (χ1n) is 10.7. The van der Waals surface area contributed by atoms with Crippen molar-refractivity contribution in [3.63, 3.8) is 0 Å². The first kappa shape index (κ1) is 26.2. The van der Waals surface area contributed by atoms with E-state index in [4.69, 9.17) is 5.73 Å². The molecule has 12 heteroatoms. The van der Waals surface area contributed by atoms with Crippen molar-refractivity contribution in [2.24, 2.45) is 0 Å². The molecule has 1 aromatic carbocycles. The van der Waals surface area contributed by atoms with Crippen molar-refractivity contribution in [3.8, 4) is 30.2 Å². The molecule has 0 atom stereocenters. The zero-order valence-electron chi connectivity index (χ0n) is 20.3. The fourth-order valence-electron chi connectivity index (χ4n) is 4.37. The second-order valence-corrected chi connectivity index (χ2v) is 10.6. The van der Waals surface area contributed by atoms with Crippen LogP contribution in [-0.2, 0) is 19.4 Å². The number of aromatic nitrogens is 3. The van der Waals surface area contributed by atoms with Gasteiger partial charge in [0, 0.05) is 31.8 Å². The largest absolute Gasteiger partial charge is 0.382 e. The van der Waals surface area contributed by atoms with Crippen LogP contribution >= 0.6 is 0 Å². The SMILES string of the molecule is C#C.CC(=O)N1CCN(c2cc(-c3cc(C#N)c4c(N)ncnn34)ccc2S(C)(=O)=O)C(=O)C1(C)C. The molecule has 2 amide bonds. The Bertz CT molecular complexity index is 1550. The van der Waals surface area contributed by atoms with Crippen molar-refractivity contribution in [3.05, 3.63) is 36.2 Å². The average Bonchev–Trinajstić information content (AvgIpc) is 3.21. The lowest BCUT2D eigenvalue weighted by Crippen LogP contribution is -2.64. The van der Waals surface area contributed by atoms with Crippen molar-refractivity contribution >= 4 is 38.7 Å². The summed E-state index contributed by atoms with van der Waals surface area (Å²) < 4.78 is 26.7. The summed E-state index contributed by atoms with van der Waals surface area (Å²) in [7, 11) is -3.70. The molecule has 4 rings (SSSR count). The number of fused-ring (bicyclic) bond motifs is 1. The summed E-state index contributed by atoms with van der Waals surface area (Å²) in [5, 5.41) is 13.8. The highest BCUT2D eigenvalue weighted by Gasteiger charge is 2.44. The Morgan fingerprint density at radius 3 is 2.47 bits per heavy atom. The molecule has 1 fully saturated rings. The molecule has 3 aromatic rings. The average molecular weight is 508 g/mol. The standard InChI is InChI=1S/C22H23N7O4S.C2H2/c1-13(30)28-8-7-27(21(31)22(28,2)3)17-9-14(5-6-18(17)34(4,32)33)16-10-15(11-23)19-20(24)25-12-26-29(16)19;1-2/h5-6,9-10,12H,7-8H2,1-4H3,(H2,24,25,26);1-2H. The summed E-state index contributed by atoms with van der Waals surface area (Å²) in [5.74, 6) is -0.514. The van der Waals surface area contributed by atoms with E-state index >= 15 is 0 Å². The molecule has 11 nitrogen and oxygen atoms in total. The van der Waals surface area contributed by atoms with E-state index in [0.717, 1.165) is 6.26 Å². The molecule has 0 radical (unpaired) electrons. The number of rotatable bonds is 3. The number of nitrogens with two attached hydrogens (primary N) is 1. The summed E-state index contributed by atoms with van der Waals surface area (Å²) in [6.45, 7) is 5.03. The smallest absolute Gasteiger partial charge is 0.252 e. The minimum atomic E-state index is -3.70. The third kappa shape index (κ3) is 4.23. The van der Waals surface area contributed by atoms with Gasteiger partial charge in [0.1, 0.15) is 23.5 Å². The number of nitrogen functional groups attached to an aromatic ring is 1. The second-order valence-electron chi connectivity index (χ2n) is 8.60. The highest BCUT2D eigenvalue weighted by atomic mass is 32.2. The topological polar surface area (TPSA) is 155 Å². The number of benzene rings is 1. The molecule has 1 aliphatic rings. The number of amides is 2. The molecule has 0 saturated carbocycles. The van der Waals surface area contributed by atoms with Gasteiger partial charge in [-0.25, -0.2) is 17.9 Å². The number of sulfone groups is 1. The summed E-state index contributed by atoms with van der Waals surface area (Å²) in [4.78, 5) is 32.3. The van der Waals surface area contributed by atoms with Gasteiger partial charge < -0.3 is 15.5 Å². The van der Waals surface area contributed by atoms with Gasteiger partial charge in [-0.2, -0.15) is 10.4 Å². The quantitative estimate of drug-likeness (QED) is 0.523. The minimum Gasteiger partial charge on any atom is -0.382 e. The highest BCUT2D eigenvalue weighted by Crippen LogP contribution is 2.36. The lowest BCUT2D eigenvalue weighted by atomic mass is 9.96. The number of nitrogens with zero attached hydrogens (tertiary/aromatic N) is 6. The van der Waals surface area contributed by atoms with Gasteiger partial charge in [0.2, 0.25) is 5.91 Å². The summed E-state index contributed by atoms with van der Waals surface area (Å²) >= 11 is 0. The maximum Gasteiger partial charge on any atom is 0.252 e. The molecule has 2 aromatic heterocycles. The number of nitriles is 1. The van der Waals surface area contributed by atoms with Crippen LogP contribution in [0.5, 0.6) is 0 Å². The number of terminal acetylenes is 1. The van der Waals surface area contributed by atoms with E-state index in [1.54, 1.807) is 32.0 Å². The van der Waals surface area contributed by atoms with Gasteiger partial charge in [0.05, 0.1) is 21.8 Å². The molecule has 186 valence electrons. The predicted molar refractivity (Wildman–Crippen MR) is 134 cm³/mol. The van der Waals surface area contributed by atoms with Crippen LogP contribution in [0.25, 0.3) is 16.8 Å². The van der Waals surface area contributed by atoms with Gasteiger partial charge in [0.25, 0.3) is 5.91 Å². The number of carbonyl (C=O) groups excluding carboxylic acids is 2. The molecular weight excluding hydrogens is 482 g/mol. The molecule has 1 aliphatic heterocycles. The van der Waals surface area contributed by atoms with Crippen molar-refractivity contribution < 1.29 is 18.0 Å². The molecule has 0 spiro atoms. The number of hydrogen-bond acceptors (Lipinski definition) is 8. The highest BCUT2D eigenvalue weighted by molar-refractivity contribution is 7.90. The third-order valence-corrected chi connectivity index (χ3v) is 7.16. The van der Waals surface area contributed by atoms with Crippen LogP contribution in [0.4, 0.5) is 11.5 Å². The van der Waals surface area contributed by atoms with Crippen LogP contribution in [0.2, 0.25) is 0 Å². The van der Waals surface area contributed by atoms with Crippen LogP contribution in [0.15, 0.2) is 35.5 Å². The van der Waals surface area contributed by atoms with Crippen LogP contribution < -0.4 is 10.6 Å². The molecule has 0 bridgehead atoms. The van der Waals surface area contributed by atoms with E-state index in [9.17, 15) is 23.3 Å². The van der Waals surface area contributed by atoms with E-state index in [2.05, 4.69) is 29.0 Å². The van der Waals surface area contributed by atoms with Crippen molar-refractivity contribution in [1.82, 2.24) is 19.5 Å². The molecular formula is C24H25N7O4S. The lowest BCUT2D eigenvalue weighted by Gasteiger charge is -2.45. The second kappa shape index (κ2) is 9.32. The van der Waals surface area contributed by atoms with Gasteiger partial charge in [-0.15, -0.1) is 12.8 Å². The molecule has 0 unspecified atom stereocenters. The van der Waals surface area contributed by atoms with Gasteiger partial charge in [-0.05, 0) is 32.0 Å². The number of piperazine rings is 1. The van der Waals surface area contributed by atoms with Crippen molar-refractivity contribution in [2.45, 2.75) is 31.2 Å². The Labute approximate surface area is 209 Å². The van der Waals surface area contributed by atoms with Gasteiger partial charge in [0.15, 0.2) is 15.7 Å². The molecule has 1 saturated heterocycles. The summed E-state index contributed by atoms with van der Waals surface area (Å²) in [5.41, 5.74) is 6.58. The van der Waals surface area contributed by atoms with Gasteiger partial charge >= 0.3 is 0 Å². The van der Waals surface area contributed by atoms with E-state index < -0.39 is 21.3 Å². The number of hydrogen-bond donors (Lipinski definition) is 1. The zero-order chi connectivity index (χ0) is 27.0.